The van der Waals surface area contributed by atoms with Gasteiger partial charge in [-0.05, 0) is 37.8 Å². The maximum Gasteiger partial charge on any atom is 0.224 e. The molecule has 1 aliphatic rings. The maximum atomic E-state index is 11.3. The van der Waals surface area contributed by atoms with E-state index in [0.29, 0.717) is 6.54 Å². The average Bonchev–Trinajstić information content (AvgIpc) is 2.38. The lowest BCUT2D eigenvalue weighted by molar-refractivity contribution is -0.125. The number of primary amides is 1. The smallest absolute Gasteiger partial charge is 0.224 e. The van der Waals surface area contributed by atoms with Crippen molar-refractivity contribution < 1.29 is 4.79 Å². The van der Waals surface area contributed by atoms with E-state index in [9.17, 15) is 4.79 Å². The number of para-hydroxylation sites is 1. The van der Waals surface area contributed by atoms with Crippen LogP contribution in [-0.4, -0.2) is 19.0 Å². The van der Waals surface area contributed by atoms with Crippen LogP contribution in [0.1, 0.15) is 31.4 Å². The van der Waals surface area contributed by atoms with Gasteiger partial charge in [0, 0.05) is 25.3 Å². The summed E-state index contributed by atoms with van der Waals surface area (Å²) in [6, 6.07) is 6.40. The molecule has 0 aromatic heterocycles. The van der Waals surface area contributed by atoms with Crippen LogP contribution in [0, 0.1) is 5.41 Å². The van der Waals surface area contributed by atoms with E-state index in [1.165, 1.54) is 23.2 Å². The summed E-state index contributed by atoms with van der Waals surface area (Å²) in [5.41, 5.74) is 8.77. The van der Waals surface area contributed by atoms with Gasteiger partial charge in [-0.3, -0.25) is 4.79 Å². The minimum absolute atomic E-state index is 0.270. The Hall–Kier alpha value is -1.55. The third-order valence-electron chi connectivity index (χ3n) is 3.71. The van der Waals surface area contributed by atoms with Crippen molar-refractivity contribution in [2.45, 2.75) is 33.2 Å². The number of carbonyl (C=O) groups excluding carboxylic acids is 1. The summed E-state index contributed by atoms with van der Waals surface area (Å²) in [7, 11) is 0. The van der Waals surface area contributed by atoms with Crippen molar-refractivity contribution in [3.8, 4) is 0 Å². The molecule has 1 heterocycles. The van der Waals surface area contributed by atoms with Crippen molar-refractivity contribution in [1.29, 1.82) is 0 Å². The van der Waals surface area contributed by atoms with Crippen LogP contribution in [-0.2, 0) is 17.8 Å². The predicted octanol–water partition coefficient (Wildman–Crippen LogP) is 1.65. The quantitative estimate of drug-likeness (QED) is 0.755. The summed E-state index contributed by atoms with van der Waals surface area (Å²) in [6.45, 7) is 6.11. The standard InChI is InChI=1S/C15H23N3O/c1-15(2,14(16)19)10-17-9-12-6-3-5-11-7-4-8-18-13(11)12/h3,5-6,17-18H,4,7-10H2,1-2H3,(H2,16,19). The lowest BCUT2D eigenvalue weighted by Crippen LogP contribution is -2.40. The van der Waals surface area contributed by atoms with Crippen molar-refractivity contribution in [2.75, 3.05) is 18.4 Å². The van der Waals surface area contributed by atoms with Crippen molar-refractivity contribution in [1.82, 2.24) is 5.32 Å². The Labute approximate surface area is 114 Å². The van der Waals surface area contributed by atoms with Gasteiger partial charge < -0.3 is 16.4 Å². The average molecular weight is 261 g/mol. The Kier molecular flexibility index (Phi) is 4.10. The molecular weight excluding hydrogens is 238 g/mol. The molecule has 0 atom stereocenters. The second kappa shape index (κ2) is 5.61. The molecule has 2 rings (SSSR count). The zero-order valence-electron chi connectivity index (χ0n) is 11.8. The molecule has 1 aromatic rings. The summed E-state index contributed by atoms with van der Waals surface area (Å²) in [5.74, 6) is -0.270. The number of carbonyl (C=O) groups is 1. The highest BCUT2D eigenvalue weighted by molar-refractivity contribution is 5.80. The Balaban J connectivity index is 1.99. The Bertz CT molecular complexity index is 468. The minimum Gasteiger partial charge on any atom is -0.385 e. The zero-order chi connectivity index (χ0) is 13.9. The van der Waals surface area contributed by atoms with Crippen LogP contribution in [0.2, 0.25) is 0 Å². The third kappa shape index (κ3) is 3.26. The summed E-state index contributed by atoms with van der Waals surface area (Å²) in [4.78, 5) is 11.3. The number of benzene rings is 1. The summed E-state index contributed by atoms with van der Waals surface area (Å²) >= 11 is 0. The van der Waals surface area contributed by atoms with Crippen molar-refractivity contribution >= 4 is 11.6 Å². The van der Waals surface area contributed by atoms with E-state index in [4.69, 9.17) is 5.73 Å². The number of nitrogens with two attached hydrogens (primary N) is 1. The van der Waals surface area contributed by atoms with Gasteiger partial charge in [0.05, 0.1) is 5.41 Å². The lowest BCUT2D eigenvalue weighted by Gasteiger charge is -2.24. The van der Waals surface area contributed by atoms with Crippen LogP contribution in [0.25, 0.3) is 0 Å². The molecule has 0 bridgehead atoms. The number of nitrogens with one attached hydrogen (secondary N) is 2. The van der Waals surface area contributed by atoms with Crippen molar-refractivity contribution in [3.05, 3.63) is 29.3 Å². The van der Waals surface area contributed by atoms with Gasteiger partial charge in [0.15, 0.2) is 0 Å². The number of fused-ring (bicyclic) bond motifs is 1. The van der Waals surface area contributed by atoms with Gasteiger partial charge in [0.25, 0.3) is 0 Å². The molecule has 0 spiro atoms. The first-order valence-electron chi connectivity index (χ1n) is 6.86. The highest BCUT2D eigenvalue weighted by Gasteiger charge is 2.24. The van der Waals surface area contributed by atoms with Crippen LogP contribution in [0.15, 0.2) is 18.2 Å². The summed E-state index contributed by atoms with van der Waals surface area (Å²) in [6.07, 6.45) is 2.33. The second-order valence-corrected chi connectivity index (χ2v) is 5.83. The van der Waals surface area contributed by atoms with Gasteiger partial charge in [-0.25, -0.2) is 0 Å². The number of rotatable bonds is 5. The monoisotopic (exact) mass is 261 g/mol. The van der Waals surface area contributed by atoms with Crippen LogP contribution in [0.4, 0.5) is 5.69 Å². The Morgan fingerprint density at radius 2 is 2.26 bits per heavy atom. The first-order valence-corrected chi connectivity index (χ1v) is 6.86. The molecule has 1 amide bonds. The van der Waals surface area contributed by atoms with E-state index in [1.54, 1.807) is 0 Å². The maximum absolute atomic E-state index is 11.3. The molecule has 1 aliphatic heterocycles. The first kappa shape index (κ1) is 13.9. The van der Waals surface area contributed by atoms with E-state index in [2.05, 4.69) is 28.8 Å². The highest BCUT2D eigenvalue weighted by atomic mass is 16.1. The minimum atomic E-state index is -0.512. The third-order valence-corrected chi connectivity index (χ3v) is 3.71. The Morgan fingerprint density at radius 3 is 3.00 bits per heavy atom. The fraction of sp³-hybridized carbons (Fsp3) is 0.533. The van der Waals surface area contributed by atoms with Crippen LogP contribution >= 0.6 is 0 Å². The molecule has 1 aromatic carbocycles. The van der Waals surface area contributed by atoms with Gasteiger partial charge >= 0.3 is 0 Å². The SMILES string of the molecule is CC(C)(CNCc1cccc2c1NCCC2)C(N)=O. The molecular formula is C15H23N3O. The van der Waals surface area contributed by atoms with E-state index in [-0.39, 0.29) is 5.91 Å². The largest absolute Gasteiger partial charge is 0.385 e. The molecule has 0 saturated heterocycles. The molecule has 0 saturated carbocycles. The van der Waals surface area contributed by atoms with Gasteiger partial charge in [0.1, 0.15) is 0 Å². The van der Waals surface area contributed by atoms with E-state index in [1.807, 2.05) is 13.8 Å². The number of hydrogen-bond donors (Lipinski definition) is 3. The molecule has 19 heavy (non-hydrogen) atoms. The number of aryl methyl sites for hydroxylation is 1. The molecule has 4 N–H and O–H groups in total. The summed E-state index contributed by atoms with van der Waals surface area (Å²) < 4.78 is 0. The fourth-order valence-corrected chi connectivity index (χ4v) is 2.33. The van der Waals surface area contributed by atoms with Gasteiger partial charge in [-0.1, -0.05) is 18.2 Å². The van der Waals surface area contributed by atoms with Crippen LogP contribution in [0.5, 0.6) is 0 Å². The van der Waals surface area contributed by atoms with E-state index >= 15 is 0 Å². The van der Waals surface area contributed by atoms with Gasteiger partial charge in [-0.15, -0.1) is 0 Å². The van der Waals surface area contributed by atoms with E-state index < -0.39 is 5.41 Å². The molecule has 104 valence electrons. The van der Waals surface area contributed by atoms with Crippen LogP contribution in [0.3, 0.4) is 0 Å². The number of anilines is 1. The van der Waals surface area contributed by atoms with Crippen molar-refractivity contribution in [3.63, 3.8) is 0 Å². The van der Waals surface area contributed by atoms with Crippen molar-refractivity contribution in [2.24, 2.45) is 11.1 Å². The first-order chi connectivity index (χ1) is 9.00. The predicted molar refractivity (Wildman–Crippen MR) is 77.9 cm³/mol. The normalized spacial score (nSPS) is 14.6. The fourth-order valence-electron chi connectivity index (χ4n) is 2.33. The molecule has 0 unspecified atom stereocenters. The topological polar surface area (TPSA) is 67.2 Å². The van der Waals surface area contributed by atoms with Gasteiger partial charge in [-0.2, -0.15) is 0 Å². The van der Waals surface area contributed by atoms with Crippen LogP contribution < -0.4 is 16.4 Å². The molecule has 0 radical (unpaired) electrons. The second-order valence-electron chi connectivity index (χ2n) is 5.83. The Morgan fingerprint density at radius 1 is 1.47 bits per heavy atom. The van der Waals surface area contributed by atoms with E-state index in [0.717, 1.165) is 19.5 Å². The number of hydrogen-bond acceptors (Lipinski definition) is 3. The number of amides is 1. The molecule has 4 heteroatoms. The molecule has 0 aliphatic carbocycles. The lowest BCUT2D eigenvalue weighted by atomic mass is 9.92. The molecule has 4 nitrogen and oxygen atoms in total. The summed E-state index contributed by atoms with van der Waals surface area (Å²) in [5, 5.41) is 6.80. The highest BCUT2D eigenvalue weighted by Crippen LogP contribution is 2.26. The zero-order valence-corrected chi connectivity index (χ0v) is 11.8. The van der Waals surface area contributed by atoms with Gasteiger partial charge in [0.2, 0.25) is 5.91 Å². The molecule has 0 fully saturated rings.